The summed E-state index contributed by atoms with van der Waals surface area (Å²) in [7, 11) is 0. The third-order valence-corrected chi connectivity index (χ3v) is 6.87. The van der Waals surface area contributed by atoms with E-state index >= 15 is 0 Å². The van der Waals surface area contributed by atoms with Gasteiger partial charge in [-0.15, -0.1) is 11.8 Å². The van der Waals surface area contributed by atoms with Crippen LogP contribution in [0.15, 0.2) is 91.0 Å². The highest BCUT2D eigenvalue weighted by Crippen LogP contribution is 2.48. The van der Waals surface area contributed by atoms with Crippen molar-refractivity contribution in [2.75, 3.05) is 12.4 Å². The number of benzene rings is 3. The Bertz CT molecular complexity index is 926. The molecule has 0 spiro atoms. The molecule has 0 saturated carbocycles. The van der Waals surface area contributed by atoms with Crippen molar-refractivity contribution in [2.24, 2.45) is 5.92 Å². The van der Waals surface area contributed by atoms with E-state index in [-0.39, 0.29) is 11.8 Å². The quantitative estimate of drug-likeness (QED) is 0.324. The molecule has 0 saturated heterocycles. The van der Waals surface area contributed by atoms with Crippen molar-refractivity contribution >= 4 is 23.6 Å². The van der Waals surface area contributed by atoms with Crippen molar-refractivity contribution < 1.29 is 14.3 Å². The summed E-state index contributed by atoms with van der Waals surface area (Å²) in [4.78, 5) is 24.8. The van der Waals surface area contributed by atoms with Crippen LogP contribution in [0.2, 0.25) is 0 Å². The van der Waals surface area contributed by atoms with Gasteiger partial charge in [0.25, 0.3) is 0 Å². The SMILES string of the molecule is CC(=O)NC(CSC(c1ccccc1)(c1ccccc1)c1ccccc1)C(=O)OCC(C)C. The van der Waals surface area contributed by atoms with Gasteiger partial charge in [0.05, 0.1) is 11.4 Å². The van der Waals surface area contributed by atoms with Crippen LogP contribution in [-0.2, 0) is 19.1 Å². The molecular formula is C28H31NO3S. The van der Waals surface area contributed by atoms with E-state index in [1.807, 2.05) is 68.4 Å². The summed E-state index contributed by atoms with van der Waals surface area (Å²) in [5, 5.41) is 2.80. The molecule has 1 amide bonds. The average Bonchev–Trinajstić information content (AvgIpc) is 2.84. The summed E-state index contributed by atoms with van der Waals surface area (Å²) < 4.78 is 4.91. The third-order valence-electron chi connectivity index (χ3n) is 5.23. The summed E-state index contributed by atoms with van der Waals surface area (Å²) in [6.07, 6.45) is 0. The van der Waals surface area contributed by atoms with Gasteiger partial charge in [-0.1, -0.05) is 105 Å². The van der Waals surface area contributed by atoms with Crippen LogP contribution in [0.5, 0.6) is 0 Å². The number of thioether (sulfide) groups is 1. The lowest BCUT2D eigenvalue weighted by atomic mass is 9.84. The molecule has 4 nitrogen and oxygen atoms in total. The van der Waals surface area contributed by atoms with Crippen molar-refractivity contribution in [1.82, 2.24) is 5.32 Å². The fourth-order valence-corrected chi connectivity index (χ4v) is 5.28. The normalized spacial score (nSPS) is 12.2. The van der Waals surface area contributed by atoms with Crippen LogP contribution in [0.3, 0.4) is 0 Å². The van der Waals surface area contributed by atoms with E-state index in [4.69, 9.17) is 4.74 Å². The lowest BCUT2D eigenvalue weighted by molar-refractivity contribution is -0.148. The van der Waals surface area contributed by atoms with Gasteiger partial charge in [0.2, 0.25) is 5.91 Å². The monoisotopic (exact) mass is 461 g/mol. The number of rotatable bonds is 10. The Labute approximate surface area is 200 Å². The van der Waals surface area contributed by atoms with Gasteiger partial charge in [-0.3, -0.25) is 4.79 Å². The molecule has 0 aliphatic heterocycles. The van der Waals surface area contributed by atoms with Crippen LogP contribution in [0, 0.1) is 5.92 Å². The standard InChI is InChI=1S/C28H31NO3S/c1-21(2)19-32-27(31)26(29-22(3)30)20-33-28(23-13-7-4-8-14-23,24-15-9-5-10-16-24)25-17-11-6-12-18-25/h4-18,21,26H,19-20H2,1-3H3,(H,29,30). The molecule has 33 heavy (non-hydrogen) atoms. The zero-order chi connectivity index (χ0) is 23.7. The second-order valence-corrected chi connectivity index (χ2v) is 9.60. The van der Waals surface area contributed by atoms with Crippen LogP contribution in [0.1, 0.15) is 37.5 Å². The number of hydrogen-bond donors (Lipinski definition) is 1. The highest BCUT2D eigenvalue weighted by molar-refractivity contribution is 8.00. The highest BCUT2D eigenvalue weighted by Gasteiger charge is 2.38. The smallest absolute Gasteiger partial charge is 0.329 e. The molecule has 1 unspecified atom stereocenters. The van der Waals surface area contributed by atoms with E-state index in [1.54, 1.807) is 11.8 Å². The Morgan fingerprint density at radius 3 is 1.61 bits per heavy atom. The fourth-order valence-electron chi connectivity index (χ4n) is 3.74. The van der Waals surface area contributed by atoms with Gasteiger partial charge < -0.3 is 10.1 Å². The number of carbonyl (C=O) groups excluding carboxylic acids is 2. The summed E-state index contributed by atoms with van der Waals surface area (Å²) in [6, 6.07) is 30.1. The van der Waals surface area contributed by atoms with E-state index in [0.29, 0.717) is 12.4 Å². The molecule has 0 fully saturated rings. The van der Waals surface area contributed by atoms with E-state index in [9.17, 15) is 9.59 Å². The Morgan fingerprint density at radius 2 is 1.24 bits per heavy atom. The van der Waals surface area contributed by atoms with Crippen LogP contribution in [0.4, 0.5) is 0 Å². The van der Waals surface area contributed by atoms with Gasteiger partial charge >= 0.3 is 5.97 Å². The highest BCUT2D eigenvalue weighted by atomic mass is 32.2. The molecule has 1 atom stereocenters. The van der Waals surface area contributed by atoms with Gasteiger partial charge in [-0.05, 0) is 22.6 Å². The lowest BCUT2D eigenvalue weighted by Crippen LogP contribution is -2.44. The number of hydrogen-bond acceptors (Lipinski definition) is 4. The average molecular weight is 462 g/mol. The number of esters is 1. The van der Waals surface area contributed by atoms with Crippen LogP contribution in [0.25, 0.3) is 0 Å². The number of nitrogens with one attached hydrogen (secondary N) is 1. The number of ether oxygens (including phenoxy) is 1. The van der Waals surface area contributed by atoms with Gasteiger partial charge in [0.1, 0.15) is 6.04 Å². The van der Waals surface area contributed by atoms with Gasteiger partial charge in [-0.2, -0.15) is 0 Å². The molecular weight excluding hydrogens is 430 g/mol. The van der Waals surface area contributed by atoms with Gasteiger partial charge in [-0.25, -0.2) is 4.79 Å². The summed E-state index contributed by atoms with van der Waals surface area (Å²) in [5.41, 5.74) is 3.30. The topological polar surface area (TPSA) is 55.4 Å². The molecule has 5 heteroatoms. The molecule has 0 heterocycles. The molecule has 1 N–H and O–H groups in total. The van der Waals surface area contributed by atoms with E-state index in [2.05, 4.69) is 41.7 Å². The van der Waals surface area contributed by atoms with Crippen LogP contribution in [-0.4, -0.2) is 30.3 Å². The third kappa shape index (κ3) is 6.26. The largest absolute Gasteiger partial charge is 0.464 e. The Kier molecular flexibility index (Phi) is 8.72. The Balaban J connectivity index is 2.05. The van der Waals surface area contributed by atoms with Crippen LogP contribution >= 0.6 is 11.8 Å². The first-order valence-corrected chi connectivity index (χ1v) is 12.2. The number of amides is 1. The second kappa shape index (κ2) is 11.7. The van der Waals surface area contributed by atoms with Crippen molar-refractivity contribution in [1.29, 1.82) is 0 Å². The summed E-state index contributed by atoms with van der Waals surface area (Å²) in [6.45, 7) is 5.72. The maximum atomic E-state index is 12.9. The van der Waals surface area contributed by atoms with Crippen molar-refractivity contribution in [3.05, 3.63) is 108 Å². The van der Waals surface area contributed by atoms with E-state index in [1.165, 1.54) is 6.92 Å². The van der Waals surface area contributed by atoms with Crippen molar-refractivity contribution in [2.45, 2.75) is 31.6 Å². The second-order valence-electron chi connectivity index (χ2n) is 8.37. The van der Waals surface area contributed by atoms with Crippen molar-refractivity contribution in [3.63, 3.8) is 0 Å². The van der Waals surface area contributed by atoms with Gasteiger partial charge in [0, 0.05) is 12.7 Å². The maximum absolute atomic E-state index is 12.9. The predicted molar refractivity (Wildman–Crippen MR) is 135 cm³/mol. The zero-order valence-electron chi connectivity index (χ0n) is 19.4. The molecule has 172 valence electrons. The molecule has 0 aliphatic rings. The molecule has 3 rings (SSSR count). The molecule has 0 bridgehead atoms. The molecule has 0 aromatic heterocycles. The first kappa shape index (κ1) is 24.6. The van der Waals surface area contributed by atoms with Gasteiger partial charge in [0.15, 0.2) is 0 Å². The number of carbonyl (C=O) groups is 2. The summed E-state index contributed by atoms with van der Waals surface area (Å²) >= 11 is 1.63. The Morgan fingerprint density at radius 1 is 0.818 bits per heavy atom. The van der Waals surface area contributed by atoms with E-state index < -0.39 is 16.8 Å². The molecule has 3 aromatic rings. The lowest BCUT2D eigenvalue weighted by Gasteiger charge is -2.36. The predicted octanol–water partition coefficient (Wildman–Crippen LogP) is 5.42. The maximum Gasteiger partial charge on any atom is 0.329 e. The Hall–Kier alpha value is -3.05. The van der Waals surface area contributed by atoms with Crippen LogP contribution < -0.4 is 5.32 Å². The minimum absolute atomic E-state index is 0.219. The molecule has 3 aromatic carbocycles. The first-order chi connectivity index (χ1) is 15.9. The molecule has 0 radical (unpaired) electrons. The first-order valence-electron chi connectivity index (χ1n) is 11.2. The minimum Gasteiger partial charge on any atom is -0.464 e. The van der Waals surface area contributed by atoms with E-state index in [0.717, 1.165) is 16.7 Å². The molecule has 0 aliphatic carbocycles. The van der Waals surface area contributed by atoms with Crippen molar-refractivity contribution in [3.8, 4) is 0 Å². The summed E-state index contributed by atoms with van der Waals surface area (Å²) in [5.74, 6) is -0.0900. The minimum atomic E-state index is -0.748. The zero-order valence-corrected chi connectivity index (χ0v) is 20.2. The fraction of sp³-hybridized carbons (Fsp3) is 0.286.